The Morgan fingerprint density at radius 1 is 1.09 bits per heavy atom. The van der Waals surface area contributed by atoms with Gasteiger partial charge >= 0.3 is 0 Å². The number of aliphatic imine (C=N–C) groups is 1. The van der Waals surface area contributed by atoms with Crippen molar-refractivity contribution in [3.8, 4) is 0 Å². The van der Waals surface area contributed by atoms with Gasteiger partial charge in [0.15, 0.2) is 0 Å². The number of hydrogen-bond donors (Lipinski definition) is 0. The molecule has 0 saturated carbocycles. The van der Waals surface area contributed by atoms with Crippen LogP contribution in [0, 0.1) is 0 Å². The fraction of sp³-hybridized carbons (Fsp3) is 0.900. The Labute approximate surface area is 70.9 Å². The maximum atomic E-state index is 4.43. The van der Waals surface area contributed by atoms with Gasteiger partial charge in [0.1, 0.15) is 0 Å². The third kappa shape index (κ3) is 7.57. The smallest absolute Gasteiger partial charge is 0.0388 e. The summed E-state index contributed by atoms with van der Waals surface area (Å²) >= 11 is 0. The molecule has 1 heteroatoms. The van der Waals surface area contributed by atoms with Gasteiger partial charge in [-0.1, -0.05) is 33.1 Å². The summed E-state index contributed by atoms with van der Waals surface area (Å²) in [5.41, 5.74) is 1.29. The average molecular weight is 155 g/mol. The second-order valence-electron chi connectivity index (χ2n) is 3.03. The number of hydrogen-bond acceptors (Lipinski definition) is 1. The Balaban J connectivity index is 3.12. The minimum absolute atomic E-state index is 1.04. The van der Waals surface area contributed by atoms with Gasteiger partial charge in [-0.3, -0.25) is 4.99 Å². The normalized spacial score (nSPS) is 12.1. The monoisotopic (exact) mass is 155 g/mol. The highest BCUT2D eigenvalue weighted by molar-refractivity contribution is 5.81. The molecule has 0 aliphatic carbocycles. The van der Waals surface area contributed by atoms with E-state index in [0.29, 0.717) is 0 Å². The molecule has 0 atom stereocenters. The van der Waals surface area contributed by atoms with Crippen molar-refractivity contribution in [3.63, 3.8) is 0 Å². The standard InChI is InChI=1S/C10H21N/c1-4-6-7-8-9-11-10(3)5-2/h4-9H2,1-3H3. The number of unbranched alkanes of at least 4 members (excludes halogenated alkanes) is 3. The molecule has 0 rings (SSSR count). The summed E-state index contributed by atoms with van der Waals surface area (Å²) in [6.07, 6.45) is 6.40. The van der Waals surface area contributed by atoms with Crippen molar-refractivity contribution in [2.24, 2.45) is 4.99 Å². The first-order valence-corrected chi connectivity index (χ1v) is 4.81. The molecule has 0 aromatic rings. The van der Waals surface area contributed by atoms with Crippen LogP contribution in [0.15, 0.2) is 4.99 Å². The second kappa shape index (κ2) is 7.77. The van der Waals surface area contributed by atoms with Crippen molar-refractivity contribution in [1.82, 2.24) is 0 Å². The lowest BCUT2D eigenvalue weighted by Gasteiger charge is -1.96. The summed E-state index contributed by atoms with van der Waals surface area (Å²) < 4.78 is 0. The van der Waals surface area contributed by atoms with E-state index in [1.54, 1.807) is 0 Å². The van der Waals surface area contributed by atoms with E-state index in [1.807, 2.05) is 0 Å². The van der Waals surface area contributed by atoms with Gasteiger partial charge in [0.25, 0.3) is 0 Å². The van der Waals surface area contributed by atoms with Crippen LogP contribution in [0.4, 0.5) is 0 Å². The van der Waals surface area contributed by atoms with Gasteiger partial charge in [0.2, 0.25) is 0 Å². The predicted octanol–water partition coefficient (Wildman–Crippen LogP) is 3.44. The third-order valence-corrected chi connectivity index (χ3v) is 1.91. The van der Waals surface area contributed by atoms with Crippen LogP contribution in [0.25, 0.3) is 0 Å². The van der Waals surface area contributed by atoms with Gasteiger partial charge in [-0.25, -0.2) is 0 Å². The summed E-state index contributed by atoms with van der Waals surface area (Å²) in [6.45, 7) is 7.55. The highest BCUT2D eigenvalue weighted by Crippen LogP contribution is 1.99. The van der Waals surface area contributed by atoms with Crippen molar-refractivity contribution < 1.29 is 0 Å². The lowest BCUT2D eigenvalue weighted by atomic mass is 10.2. The van der Waals surface area contributed by atoms with Crippen LogP contribution in [-0.4, -0.2) is 12.3 Å². The zero-order valence-electron chi connectivity index (χ0n) is 8.19. The van der Waals surface area contributed by atoms with Crippen LogP contribution in [-0.2, 0) is 0 Å². The molecule has 1 nitrogen and oxygen atoms in total. The molecule has 0 radical (unpaired) electrons. The molecule has 11 heavy (non-hydrogen) atoms. The van der Waals surface area contributed by atoms with E-state index in [4.69, 9.17) is 0 Å². The highest BCUT2D eigenvalue weighted by atomic mass is 14.7. The van der Waals surface area contributed by atoms with Crippen LogP contribution in [0.5, 0.6) is 0 Å². The minimum atomic E-state index is 1.04. The van der Waals surface area contributed by atoms with Crippen LogP contribution < -0.4 is 0 Å². The minimum Gasteiger partial charge on any atom is -0.294 e. The van der Waals surface area contributed by atoms with E-state index >= 15 is 0 Å². The average Bonchev–Trinajstić information content (AvgIpc) is 2.04. The van der Waals surface area contributed by atoms with E-state index in [-0.39, 0.29) is 0 Å². The first kappa shape index (κ1) is 10.7. The molecule has 0 spiro atoms. The molecule has 0 aliphatic rings. The van der Waals surface area contributed by atoms with Crippen LogP contribution in [0.2, 0.25) is 0 Å². The Kier molecular flexibility index (Phi) is 7.54. The molecule has 0 N–H and O–H groups in total. The van der Waals surface area contributed by atoms with Gasteiger partial charge in [-0.05, 0) is 19.8 Å². The molecule has 0 heterocycles. The van der Waals surface area contributed by atoms with Crippen molar-refractivity contribution in [2.75, 3.05) is 6.54 Å². The molecule has 0 unspecified atom stereocenters. The lowest BCUT2D eigenvalue weighted by Crippen LogP contribution is -1.90. The van der Waals surface area contributed by atoms with Gasteiger partial charge in [0, 0.05) is 12.3 Å². The maximum Gasteiger partial charge on any atom is 0.0388 e. The Morgan fingerprint density at radius 3 is 2.36 bits per heavy atom. The van der Waals surface area contributed by atoms with Gasteiger partial charge in [-0.2, -0.15) is 0 Å². The summed E-state index contributed by atoms with van der Waals surface area (Å²) in [4.78, 5) is 4.43. The second-order valence-corrected chi connectivity index (χ2v) is 3.03. The molecule has 66 valence electrons. The van der Waals surface area contributed by atoms with Gasteiger partial charge < -0.3 is 0 Å². The Bertz CT molecular complexity index is 105. The summed E-state index contributed by atoms with van der Waals surface area (Å²) in [7, 11) is 0. The molecule has 0 aliphatic heterocycles. The SMILES string of the molecule is CCCCCCN=C(C)CC. The molecule has 0 bridgehead atoms. The van der Waals surface area contributed by atoms with Gasteiger partial charge in [-0.15, -0.1) is 0 Å². The van der Waals surface area contributed by atoms with E-state index in [9.17, 15) is 0 Å². The largest absolute Gasteiger partial charge is 0.294 e. The molecule has 0 aromatic carbocycles. The summed E-state index contributed by atoms with van der Waals surface area (Å²) in [5, 5.41) is 0. The molecule has 0 aromatic heterocycles. The van der Waals surface area contributed by atoms with E-state index in [0.717, 1.165) is 13.0 Å². The maximum absolute atomic E-state index is 4.43. The summed E-state index contributed by atoms with van der Waals surface area (Å²) in [5.74, 6) is 0. The third-order valence-electron chi connectivity index (χ3n) is 1.91. The zero-order valence-corrected chi connectivity index (χ0v) is 8.19. The zero-order chi connectivity index (χ0) is 8.53. The fourth-order valence-corrected chi connectivity index (χ4v) is 0.920. The van der Waals surface area contributed by atoms with Gasteiger partial charge in [0.05, 0.1) is 0 Å². The first-order valence-electron chi connectivity index (χ1n) is 4.81. The molecule has 0 amide bonds. The number of nitrogens with zero attached hydrogens (tertiary/aromatic N) is 1. The highest BCUT2D eigenvalue weighted by Gasteiger charge is 1.86. The predicted molar refractivity (Wildman–Crippen MR) is 52.4 cm³/mol. The van der Waals surface area contributed by atoms with Crippen LogP contribution in [0.3, 0.4) is 0 Å². The Morgan fingerprint density at radius 2 is 1.82 bits per heavy atom. The van der Waals surface area contributed by atoms with Crippen LogP contribution in [0.1, 0.15) is 52.9 Å². The lowest BCUT2D eigenvalue weighted by molar-refractivity contribution is 0.674. The van der Waals surface area contributed by atoms with Crippen LogP contribution >= 0.6 is 0 Å². The van der Waals surface area contributed by atoms with E-state index < -0.39 is 0 Å². The first-order chi connectivity index (χ1) is 5.31. The van der Waals surface area contributed by atoms with E-state index in [2.05, 4.69) is 25.8 Å². The van der Waals surface area contributed by atoms with Crippen molar-refractivity contribution >= 4 is 5.71 Å². The Hall–Kier alpha value is -0.330. The topological polar surface area (TPSA) is 12.4 Å². The summed E-state index contributed by atoms with van der Waals surface area (Å²) in [6, 6.07) is 0. The fourth-order valence-electron chi connectivity index (χ4n) is 0.920. The quantitative estimate of drug-likeness (QED) is 0.411. The number of rotatable bonds is 6. The van der Waals surface area contributed by atoms with Crippen molar-refractivity contribution in [2.45, 2.75) is 52.9 Å². The van der Waals surface area contributed by atoms with Crippen molar-refractivity contribution in [3.05, 3.63) is 0 Å². The van der Waals surface area contributed by atoms with E-state index in [1.165, 1.54) is 31.4 Å². The molecule has 0 saturated heterocycles. The molecular formula is C10H21N. The molecule has 0 fully saturated rings. The molecular weight excluding hydrogens is 134 g/mol. The van der Waals surface area contributed by atoms with Crippen molar-refractivity contribution in [1.29, 1.82) is 0 Å².